The smallest absolute Gasteiger partial charge is 0.119 e. The molecular weight excluding hydrogens is 274 g/mol. The van der Waals surface area contributed by atoms with Crippen molar-refractivity contribution in [2.24, 2.45) is 0 Å². The summed E-state index contributed by atoms with van der Waals surface area (Å²) < 4.78 is 5.88. The minimum absolute atomic E-state index is 0. The molecule has 0 unspecified atom stereocenters. The minimum Gasteiger partial charge on any atom is -0.492 e. The maximum atomic E-state index is 5.88. The van der Waals surface area contributed by atoms with E-state index in [1.54, 1.807) is 0 Å². The molecule has 4 nitrogen and oxygen atoms in total. The summed E-state index contributed by atoms with van der Waals surface area (Å²) in [5, 5.41) is 3.36. The average Bonchev–Trinajstić information content (AvgIpc) is 2.88. The maximum Gasteiger partial charge on any atom is 0.119 e. The normalized spacial score (nSPS) is 19.4. The number of hydrogen-bond donors (Lipinski definition) is 1. The van der Waals surface area contributed by atoms with Crippen LogP contribution >= 0.6 is 12.4 Å². The first-order valence-electron chi connectivity index (χ1n) is 7.17. The number of hydrogen-bond acceptors (Lipinski definition) is 4. The first-order chi connectivity index (χ1) is 9.31. The van der Waals surface area contributed by atoms with Gasteiger partial charge < -0.3 is 15.0 Å². The second-order valence-electron chi connectivity index (χ2n) is 5.53. The molecule has 0 bridgehead atoms. The number of piperazine rings is 1. The van der Waals surface area contributed by atoms with Gasteiger partial charge in [-0.3, -0.25) is 4.90 Å². The van der Waals surface area contributed by atoms with E-state index in [9.17, 15) is 0 Å². The van der Waals surface area contributed by atoms with Gasteiger partial charge in [-0.25, -0.2) is 0 Å². The van der Waals surface area contributed by atoms with Gasteiger partial charge >= 0.3 is 0 Å². The van der Waals surface area contributed by atoms with E-state index in [1.165, 1.54) is 24.2 Å². The van der Waals surface area contributed by atoms with Crippen LogP contribution in [0.25, 0.3) is 0 Å². The van der Waals surface area contributed by atoms with Crippen molar-refractivity contribution in [3.63, 3.8) is 0 Å². The Morgan fingerprint density at radius 3 is 2.65 bits per heavy atom. The molecule has 112 valence electrons. The molecule has 0 amide bonds. The lowest BCUT2D eigenvalue weighted by Crippen LogP contribution is -2.45. The van der Waals surface area contributed by atoms with Gasteiger partial charge in [-0.05, 0) is 30.3 Å². The van der Waals surface area contributed by atoms with Crippen molar-refractivity contribution in [1.82, 2.24) is 15.1 Å². The molecule has 0 saturated carbocycles. The molecule has 0 aliphatic carbocycles. The molecule has 1 N–H and O–H groups in total. The van der Waals surface area contributed by atoms with Crippen LogP contribution in [0.4, 0.5) is 0 Å². The Labute approximate surface area is 127 Å². The second kappa shape index (κ2) is 7.27. The van der Waals surface area contributed by atoms with Gasteiger partial charge in [-0.1, -0.05) is 6.07 Å². The number of nitrogens with one attached hydrogen (secondary N) is 1. The average molecular weight is 298 g/mol. The van der Waals surface area contributed by atoms with E-state index in [0.717, 1.165) is 45.1 Å². The summed E-state index contributed by atoms with van der Waals surface area (Å²) in [5.74, 6) is 1.01. The molecule has 0 atom stereocenters. The van der Waals surface area contributed by atoms with Gasteiger partial charge in [-0.15, -0.1) is 12.4 Å². The van der Waals surface area contributed by atoms with Crippen molar-refractivity contribution in [2.45, 2.75) is 13.1 Å². The van der Waals surface area contributed by atoms with E-state index in [1.807, 2.05) is 0 Å². The van der Waals surface area contributed by atoms with Crippen molar-refractivity contribution in [2.75, 3.05) is 46.4 Å². The Balaban J connectivity index is 0.00000147. The summed E-state index contributed by atoms with van der Waals surface area (Å²) in [7, 11) is 2.19. The van der Waals surface area contributed by atoms with Gasteiger partial charge in [0.05, 0.1) is 0 Å². The largest absolute Gasteiger partial charge is 0.492 e. The molecule has 2 heterocycles. The fourth-order valence-corrected chi connectivity index (χ4v) is 2.73. The molecule has 0 aromatic heterocycles. The lowest BCUT2D eigenvalue weighted by molar-refractivity contribution is 0.133. The van der Waals surface area contributed by atoms with Gasteiger partial charge in [0.25, 0.3) is 0 Å². The first-order valence-corrected chi connectivity index (χ1v) is 7.17. The number of rotatable bonds is 4. The number of nitrogens with zero attached hydrogens (tertiary/aromatic N) is 2. The van der Waals surface area contributed by atoms with Crippen LogP contribution in [0.1, 0.15) is 11.1 Å². The molecule has 2 aliphatic rings. The van der Waals surface area contributed by atoms with E-state index in [-0.39, 0.29) is 12.4 Å². The van der Waals surface area contributed by atoms with Crippen LogP contribution in [0.2, 0.25) is 0 Å². The highest BCUT2D eigenvalue weighted by molar-refractivity contribution is 5.85. The van der Waals surface area contributed by atoms with Crippen LogP contribution in [0.3, 0.4) is 0 Å². The van der Waals surface area contributed by atoms with Crippen LogP contribution in [-0.2, 0) is 13.1 Å². The molecule has 1 aromatic rings. The SMILES string of the molecule is CN1CCN(CCOc2ccc3c(c2)CNC3)CC1.Cl. The highest BCUT2D eigenvalue weighted by atomic mass is 35.5. The molecule has 1 saturated heterocycles. The molecule has 1 fully saturated rings. The predicted molar refractivity (Wildman–Crippen MR) is 83.7 cm³/mol. The van der Waals surface area contributed by atoms with E-state index in [2.05, 4.69) is 40.4 Å². The fraction of sp³-hybridized carbons (Fsp3) is 0.600. The summed E-state index contributed by atoms with van der Waals surface area (Å²) in [6.45, 7) is 8.46. The van der Waals surface area contributed by atoms with E-state index < -0.39 is 0 Å². The summed E-state index contributed by atoms with van der Waals surface area (Å²) >= 11 is 0. The third-order valence-electron chi connectivity index (χ3n) is 4.08. The monoisotopic (exact) mass is 297 g/mol. The zero-order chi connectivity index (χ0) is 13.1. The zero-order valence-electron chi connectivity index (χ0n) is 12.1. The van der Waals surface area contributed by atoms with Crippen molar-refractivity contribution in [1.29, 1.82) is 0 Å². The first kappa shape index (κ1) is 15.6. The summed E-state index contributed by atoms with van der Waals surface area (Å²) in [6, 6.07) is 6.45. The third-order valence-corrected chi connectivity index (χ3v) is 4.08. The van der Waals surface area contributed by atoms with Gasteiger partial charge in [-0.2, -0.15) is 0 Å². The number of ether oxygens (including phenoxy) is 1. The third kappa shape index (κ3) is 3.85. The Kier molecular flexibility index (Phi) is 5.66. The quantitative estimate of drug-likeness (QED) is 0.908. The lowest BCUT2D eigenvalue weighted by atomic mass is 10.1. The Morgan fingerprint density at radius 1 is 1.10 bits per heavy atom. The summed E-state index contributed by atoms with van der Waals surface area (Å²) in [5.41, 5.74) is 2.79. The Bertz CT molecular complexity index is 433. The molecule has 1 aromatic carbocycles. The number of halogens is 1. The van der Waals surface area contributed by atoms with Crippen LogP contribution < -0.4 is 10.1 Å². The Morgan fingerprint density at radius 2 is 1.85 bits per heavy atom. The van der Waals surface area contributed by atoms with Gasteiger partial charge in [0, 0.05) is 45.8 Å². The van der Waals surface area contributed by atoms with Crippen LogP contribution in [0.15, 0.2) is 18.2 Å². The lowest BCUT2D eigenvalue weighted by Gasteiger charge is -2.32. The van der Waals surface area contributed by atoms with Gasteiger partial charge in [0.15, 0.2) is 0 Å². The second-order valence-corrected chi connectivity index (χ2v) is 5.53. The molecule has 3 rings (SSSR count). The zero-order valence-corrected chi connectivity index (χ0v) is 12.9. The molecule has 20 heavy (non-hydrogen) atoms. The van der Waals surface area contributed by atoms with Gasteiger partial charge in [0.1, 0.15) is 12.4 Å². The van der Waals surface area contributed by atoms with Crippen molar-refractivity contribution >= 4 is 12.4 Å². The van der Waals surface area contributed by atoms with E-state index in [0.29, 0.717) is 0 Å². The van der Waals surface area contributed by atoms with E-state index in [4.69, 9.17) is 4.74 Å². The van der Waals surface area contributed by atoms with Gasteiger partial charge in [0.2, 0.25) is 0 Å². The van der Waals surface area contributed by atoms with Crippen LogP contribution in [0.5, 0.6) is 5.75 Å². The maximum absolute atomic E-state index is 5.88. The van der Waals surface area contributed by atoms with Crippen LogP contribution in [0, 0.1) is 0 Å². The molecular formula is C15H24ClN3O. The molecule has 2 aliphatic heterocycles. The minimum atomic E-state index is 0. The van der Waals surface area contributed by atoms with Crippen molar-refractivity contribution in [3.8, 4) is 5.75 Å². The van der Waals surface area contributed by atoms with Crippen LogP contribution in [-0.4, -0.2) is 56.2 Å². The van der Waals surface area contributed by atoms with E-state index >= 15 is 0 Å². The standard InChI is InChI=1S/C15H23N3O.ClH/c1-17-4-6-18(7-5-17)8-9-19-15-3-2-13-11-16-12-14(13)10-15;/h2-3,10,16H,4-9,11-12H2,1H3;1H. The highest BCUT2D eigenvalue weighted by Gasteiger charge is 2.14. The predicted octanol–water partition coefficient (Wildman–Crippen LogP) is 1.34. The van der Waals surface area contributed by atoms with Crippen molar-refractivity contribution in [3.05, 3.63) is 29.3 Å². The Hall–Kier alpha value is -0.810. The highest BCUT2D eigenvalue weighted by Crippen LogP contribution is 2.21. The fourth-order valence-electron chi connectivity index (χ4n) is 2.73. The summed E-state index contributed by atoms with van der Waals surface area (Å²) in [6.07, 6.45) is 0. The number of likely N-dealkylation sites (N-methyl/N-ethyl adjacent to an activating group) is 1. The topological polar surface area (TPSA) is 27.7 Å². The molecule has 0 radical (unpaired) electrons. The number of fused-ring (bicyclic) bond motifs is 1. The summed E-state index contributed by atoms with van der Waals surface area (Å²) in [4.78, 5) is 4.86. The molecule has 0 spiro atoms. The number of benzene rings is 1. The van der Waals surface area contributed by atoms with Crippen molar-refractivity contribution < 1.29 is 4.74 Å². The molecule has 5 heteroatoms.